The van der Waals surface area contributed by atoms with Crippen LogP contribution in [0, 0.1) is 6.92 Å². The zero-order valence-corrected chi connectivity index (χ0v) is 15.7. The van der Waals surface area contributed by atoms with E-state index < -0.39 is 5.97 Å². The number of para-hydroxylation sites is 1. The molecule has 0 bridgehead atoms. The Morgan fingerprint density at radius 3 is 2.72 bits per heavy atom. The first-order chi connectivity index (χ1) is 12.0. The minimum Gasteiger partial charge on any atom is -0.496 e. The summed E-state index contributed by atoms with van der Waals surface area (Å²) >= 11 is 3.38. The summed E-state index contributed by atoms with van der Waals surface area (Å²) in [6, 6.07) is 7.51. The summed E-state index contributed by atoms with van der Waals surface area (Å²) in [5.41, 5.74) is 1.88. The lowest BCUT2D eigenvalue weighted by molar-refractivity contribution is 0.0597. The maximum Gasteiger partial charge on any atom is 0.341 e. The molecular formula is C18H17BrN2O4. The minimum absolute atomic E-state index is 0.362. The second-order valence-electron chi connectivity index (χ2n) is 5.39. The van der Waals surface area contributed by atoms with Gasteiger partial charge >= 0.3 is 5.97 Å². The van der Waals surface area contributed by atoms with E-state index >= 15 is 0 Å². The number of carbonyl (C=O) groups is 1. The van der Waals surface area contributed by atoms with E-state index in [2.05, 4.69) is 21.0 Å². The maximum absolute atomic E-state index is 12.3. The predicted octanol–water partition coefficient (Wildman–Crippen LogP) is 4.06. The molecule has 0 aliphatic heterocycles. The highest BCUT2D eigenvalue weighted by Crippen LogP contribution is 2.37. The minimum atomic E-state index is -0.441. The first-order valence-corrected chi connectivity index (χ1v) is 8.36. The Bertz CT molecular complexity index is 914. The van der Waals surface area contributed by atoms with Crippen LogP contribution >= 0.6 is 15.9 Å². The summed E-state index contributed by atoms with van der Waals surface area (Å²) in [4.78, 5) is 12.3. The summed E-state index contributed by atoms with van der Waals surface area (Å²) < 4.78 is 18.9. The standard InChI is InChI=1S/C18H17BrN2O4/c1-11-16(18(22)24-3)14(10-21-9-12(19)8-20-21)17(25-11)13-6-4-5-7-15(13)23-2/h4-9H,10H2,1-3H3. The van der Waals surface area contributed by atoms with Crippen LogP contribution in [0.25, 0.3) is 11.3 Å². The molecule has 0 amide bonds. The molecule has 0 N–H and O–H groups in total. The fourth-order valence-electron chi connectivity index (χ4n) is 2.75. The van der Waals surface area contributed by atoms with Crippen molar-refractivity contribution in [2.45, 2.75) is 13.5 Å². The summed E-state index contributed by atoms with van der Waals surface area (Å²) in [5, 5.41) is 4.27. The zero-order valence-electron chi connectivity index (χ0n) is 14.1. The Balaban J connectivity index is 2.19. The number of nitrogens with zero attached hydrogens (tertiary/aromatic N) is 2. The van der Waals surface area contributed by atoms with E-state index in [1.807, 2.05) is 30.5 Å². The van der Waals surface area contributed by atoms with Gasteiger partial charge in [0, 0.05) is 11.8 Å². The average molecular weight is 405 g/mol. The molecule has 0 aliphatic rings. The summed E-state index contributed by atoms with van der Waals surface area (Å²) in [6.07, 6.45) is 3.52. The van der Waals surface area contributed by atoms with Gasteiger partial charge in [0.05, 0.1) is 37.0 Å². The molecule has 130 valence electrons. The lowest BCUT2D eigenvalue weighted by atomic mass is 10.0. The van der Waals surface area contributed by atoms with Crippen molar-refractivity contribution in [1.82, 2.24) is 9.78 Å². The number of rotatable bonds is 5. The molecule has 0 atom stereocenters. The second kappa shape index (κ2) is 7.14. The molecule has 2 heterocycles. The molecule has 0 saturated carbocycles. The number of methoxy groups -OCH3 is 2. The molecule has 0 spiro atoms. The second-order valence-corrected chi connectivity index (χ2v) is 6.30. The third-order valence-corrected chi connectivity index (χ3v) is 4.26. The lowest BCUT2D eigenvalue weighted by Gasteiger charge is -2.09. The number of hydrogen-bond acceptors (Lipinski definition) is 5. The van der Waals surface area contributed by atoms with Crippen molar-refractivity contribution < 1.29 is 18.7 Å². The quantitative estimate of drug-likeness (QED) is 0.599. The molecule has 3 aromatic rings. The summed E-state index contributed by atoms with van der Waals surface area (Å²) in [5.74, 6) is 1.29. The van der Waals surface area contributed by atoms with Crippen LogP contribution in [0.5, 0.6) is 5.75 Å². The normalized spacial score (nSPS) is 10.7. The Hall–Kier alpha value is -2.54. The Labute approximate surface area is 153 Å². The Morgan fingerprint density at radius 2 is 2.08 bits per heavy atom. The summed E-state index contributed by atoms with van der Waals surface area (Å²) in [6.45, 7) is 2.11. The monoisotopic (exact) mass is 404 g/mol. The number of hydrogen-bond donors (Lipinski definition) is 0. The van der Waals surface area contributed by atoms with Gasteiger partial charge in [0.25, 0.3) is 0 Å². The number of furan rings is 1. The molecule has 0 aliphatic carbocycles. The van der Waals surface area contributed by atoms with Crippen LogP contribution < -0.4 is 4.74 Å². The predicted molar refractivity (Wildman–Crippen MR) is 95.8 cm³/mol. The van der Waals surface area contributed by atoms with E-state index in [-0.39, 0.29) is 0 Å². The van der Waals surface area contributed by atoms with E-state index in [0.717, 1.165) is 10.0 Å². The van der Waals surface area contributed by atoms with Crippen molar-refractivity contribution in [3.8, 4) is 17.1 Å². The Morgan fingerprint density at radius 1 is 1.32 bits per heavy atom. The maximum atomic E-state index is 12.3. The molecule has 0 unspecified atom stereocenters. The van der Waals surface area contributed by atoms with Gasteiger partial charge in [-0.05, 0) is 35.0 Å². The number of aryl methyl sites for hydroxylation is 1. The van der Waals surface area contributed by atoms with Crippen molar-refractivity contribution in [1.29, 1.82) is 0 Å². The SMILES string of the molecule is COC(=O)c1c(C)oc(-c2ccccc2OC)c1Cn1cc(Br)cn1. The zero-order chi connectivity index (χ0) is 18.0. The van der Waals surface area contributed by atoms with Crippen LogP contribution in [-0.2, 0) is 11.3 Å². The lowest BCUT2D eigenvalue weighted by Crippen LogP contribution is -2.09. The highest BCUT2D eigenvalue weighted by Gasteiger charge is 2.26. The van der Waals surface area contributed by atoms with Gasteiger partial charge in [-0.25, -0.2) is 4.79 Å². The van der Waals surface area contributed by atoms with E-state index in [1.165, 1.54) is 7.11 Å². The van der Waals surface area contributed by atoms with Crippen LogP contribution in [0.1, 0.15) is 21.7 Å². The summed E-state index contributed by atoms with van der Waals surface area (Å²) in [7, 11) is 2.95. The highest BCUT2D eigenvalue weighted by molar-refractivity contribution is 9.10. The van der Waals surface area contributed by atoms with Crippen molar-refractivity contribution >= 4 is 21.9 Å². The number of ether oxygens (including phenoxy) is 2. The van der Waals surface area contributed by atoms with Gasteiger partial charge in [0.15, 0.2) is 0 Å². The Kier molecular flexibility index (Phi) is 4.94. The van der Waals surface area contributed by atoms with Crippen molar-refractivity contribution in [3.63, 3.8) is 0 Å². The van der Waals surface area contributed by atoms with Crippen molar-refractivity contribution in [2.75, 3.05) is 14.2 Å². The van der Waals surface area contributed by atoms with Crippen molar-refractivity contribution in [3.05, 3.63) is 58.0 Å². The van der Waals surface area contributed by atoms with Gasteiger partial charge < -0.3 is 13.9 Å². The van der Waals surface area contributed by atoms with Crippen LogP contribution in [0.3, 0.4) is 0 Å². The fraction of sp³-hybridized carbons (Fsp3) is 0.222. The molecule has 0 saturated heterocycles. The molecule has 25 heavy (non-hydrogen) atoms. The average Bonchev–Trinajstić information content (AvgIpc) is 3.17. The number of benzene rings is 1. The van der Waals surface area contributed by atoms with Gasteiger partial charge in [0.2, 0.25) is 0 Å². The number of halogens is 1. The first-order valence-electron chi connectivity index (χ1n) is 7.57. The third-order valence-electron chi connectivity index (χ3n) is 3.85. The number of aromatic nitrogens is 2. The number of esters is 1. The van der Waals surface area contributed by atoms with Gasteiger partial charge in [-0.3, -0.25) is 4.68 Å². The molecule has 6 nitrogen and oxygen atoms in total. The van der Waals surface area contributed by atoms with Crippen LogP contribution in [0.2, 0.25) is 0 Å². The van der Waals surface area contributed by atoms with Crippen LogP contribution in [0.15, 0.2) is 45.5 Å². The molecule has 0 radical (unpaired) electrons. The topological polar surface area (TPSA) is 66.5 Å². The van der Waals surface area contributed by atoms with Gasteiger partial charge in [-0.15, -0.1) is 0 Å². The van der Waals surface area contributed by atoms with Crippen LogP contribution in [0.4, 0.5) is 0 Å². The van der Waals surface area contributed by atoms with Gasteiger partial charge in [-0.1, -0.05) is 12.1 Å². The van der Waals surface area contributed by atoms with E-state index in [9.17, 15) is 4.79 Å². The number of carbonyl (C=O) groups excluding carboxylic acids is 1. The van der Waals surface area contributed by atoms with Gasteiger partial charge in [0.1, 0.15) is 22.8 Å². The van der Waals surface area contributed by atoms with E-state index in [1.54, 1.807) is 24.9 Å². The third kappa shape index (κ3) is 3.32. The molecule has 2 aromatic heterocycles. The molecule has 7 heteroatoms. The first kappa shape index (κ1) is 17.3. The molecular weight excluding hydrogens is 388 g/mol. The molecule has 0 fully saturated rings. The van der Waals surface area contributed by atoms with Gasteiger partial charge in [-0.2, -0.15) is 5.10 Å². The fourth-order valence-corrected chi connectivity index (χ4v) is 3.08. The van der Waals surface area contributed by atoms with E-state index in [0.29, 0.717) is 34.9 Å². The highest BCUT2D eigenvalue weighted by atomic mass is 79.9. The van der Waals surface area contributed by atoms with Crippen LogP contribution in [-0.4, -0.2) is 30.0 Å². The largest absolute Gasteiger partial charge is 0.496 e. The van der Waals surface area contributed by atoms with Crippen molar-refractivity contribution in [2.24, 2.45) is 0 Å². The molecule has 3 rings (SSSR count). The van der Waals surface area contributed by atoms with E-state index in [4.69, 9.17) is 13.9 Å². The smallest absolute Gasteiger partial charge is 0.341 e. The molecule has 1 aromatic carbocycles.